The summed E-state index contributed by atoms with van der Waals surface area (Å²) in [7, 11) is 0. The molecule has 2 aromatic carbocycles. The number of H-pyrrole nitrogens is 1. The van der Waals surface area contributed by atoms with Gasteiger partial charge in [-0.15, -0.1) is 3.69 Å². The number of nitrogens with one attached hydrogen (secondary N) is 1. The van der Waals surface area contributed by atoms with Crippen LogP contribution in [0.5, 0.6) is 5.75 Å². The van der Waals surface area contributed by atoms with Crippen LogP contribution in [0, 0.1) is 0 Å². The van der Waals surface area contributed by atoms with Crippen LogP contribution in [-0.4, -0.2) is 23.2 Å². The van der Waals surface area contributed by atoms with Gasteiger partial charge in [-0.2, -0.15) is 0 Å². The maximum absolute atomic E-state index is 5.86. The van der Waals surface area contributed by atoms with E-state index in [2.05, 4.69) is 48.3 Å². The van der Waals surface area contributed by atoms with Crippen LogP contribution in [0.15, 0.2) is 54.7 Å². The fourth-order valence-corrected chi connectivity index (χ4v) is 4.11. The fourth-order valence-electron chi connectivity index (χ4n) is 2.10. The third kappa shape index (κ3) is 2.96. The number of benzene rings is 2. The van der Waals surface area contributed by atoms with Gasteiger partial charge in [-0.25, -0.2) is 0 Å². The van der Waals surface area contributed by atoms with Crippen LogP contribution >= 0.6 is 12.9 Å². The average molecular weight is 326 g/mol. The highest BCUT2D eigenvalue weighted by Gasteiger charge is 2.05. The minimum Gasteiger partial charge on any atom is -0.489 e. The molecular weight excluding hydrogens is 314 g/mol. The molecule has 3 rings (SSSR count). The van der Waals surface area contributed by atoms with Crippen molar-refractivity contribution in [3.8, 4) is 5.75 Å². The molecule has 4 heteroatoms. The smallest absolute Gasteiger partial charge is 0.489 e. The third-order valence-electron chi connectivity index (χ3n) is 3.13. The number of ether oxygens (including phenoxy) is 1. The molecular formula is C15H12BrMgNO. The molecule has 0 aliphatic carbocycles. The van der Waals surface area contributed by atoms with Gasteiger partial charge in [-0.3, -0.25) is 12.9 Å². The molecule has 2 nitrogen and oxygen atoms in total. The van der Waals surface area contributed by atoms with Crippen molar-refractivity contribution in [2.24, 2.45) is 0 Å². The molecule has 1 aromatic heterocycles. The first-order chi connectivity index (χ1) is 9.36. The van der Waals surface area contributed by atoms with E-state index in [4.69, 9.17) is 4.74 Å². The van der Waals surface area contributed by atoms with Gasteiger partial charge in [0.1, 0.15) is 12.4 Å². The van der Waals surface area contributed by atoms with E-state index < -0.39 is 0 Å². The summed E-state index contributed by atoms with van der Waals surface area (Å²) >= 11 is 3.29. The predicted octanol–water partition coefficient (Wildman–Crippen LogP) is 3.39. The van der Waals surface area contributed by atoms with Crippen LogP contribution in [0.2, 0.25) is 0 Å². The number of hydrogen-bond donors (Lipinski definition) is 1. The Kier molecular flexibility index (Phi) is 4.11. The lowest BCUT2D eigenvalue weighted by molar-refractivity contribution is 0.306. The minimum absolute atomic E-state index is 0.343. The molecule has 1 heterocycles. The van der Waals surface area contributed by atoms with Gasteiger partial charge < -0.3 is 9.72 Å². The van der Waals surface area contributed by atoms with Crippen molar-refractivity contribution in [2.45, 2.75) is 6.61 Å². The van der Waals surface area contributed by atoms with E-state index in [1.165, 1.54) is 20.2 Å². The zero-order valence-corrected chi connectivity index (χ0v) is 13.4. The highest BCUT2D eigenvalue weighted by molar-refractivity contribution is 9.23. The zero-order valence-electron chi connectivity index (χ0n) is 10.4. The number of fused-ring (bicyclic) bond motifs is 1. The molecule has 3 aromatic rings. The van der Waals surface area contributed by atoms with Gasteiger partial charge in [0, 0.05) is 5.52 Å². The van der Waals surface area contributed by atoms with E-state index in [9.17, 15) is 0 Å². The molecule has 0 aliphatic heterocycles. The Bertz CT molecular complexity index is 681. The maximum Gasteiger partial charge on any atom is 0.510 e. The summed E-state index contributed by atoms with van der Waals surface area (Å²) in [4.78, 5) is 3.29. The Labute approximate surface area is 127 Å². The second kappa shape index (κ2) is 5.99. The monoisotopic (exact) mass is 325 g/mol. The lowest BCUT2D eigenvalue weighted by Crippen LogP contribution is -2.05. The standard InChI is InChI=1S/C15H12NO.BrH.Mg/c1-2-4-12(5-3-1)11-17-14-6-7-15-13(10-14)8-9-16-15;;/h1-7,9-10,16H,11H2;1H;/q;;+1/p-1. The first-order valence-electron chi connectivity index (χ1n) is 6.19. The highest BCUT2D eigenvalue weighted by atomic mass is 79.9. The Morgan fingerprint density at radius 1 is 1.11 bits per heavy atom. The van der Waals surface area contributed by atoms with Crippen LogP contribution in [0.3, 0.4) is 0 Å². The Balaban J connectivity index is 1.81. The number of hydrogen-bond acceptors (Lipinski definition) is 1. The highest BCUT2D eigenvalue weighted by Crippen LogP contribution is 2.19. The fraction of sp³-hybridized carbons (Fsp3) is 0.0667. The van der Waals surface area contributed by atoms with Crippen LogP contribution in [0.4, 0.5) is 0 Å². The molecule has 0 saturated heterocycles. The lowest BCUT2D eigenvalue weighted by atomic mass is 10.2. The summed E-state index contributed by atoms with van der Waals surface area (Å²) < 4.78 is 7.24. The second-order valence-corrected chi connectivity index (χ2v) is 7.14. The second-order valence-electron chi connectivity index (χ2n) is 4.43. The topological polar surface area (TPSA) is 25.0 Å². The first-order valence-corrected chi connectivity index (χ1v) is 10.8. The van der Waals surface area contributed by atoms with Gasteiger partial charge in [0.2, 0.25) is 0 Å². The van der Waals surface area contributed by atoms with E-state index in [1.54, 1.807) is 0 Å². The van der Waals surface area contributed by atoms with Crippen molar-refractivity contribution in [1.82, 2.24) is 4.98 Å². The summed E-state index contributed by atoms with van der Waals surface area (Å²) in [6.45, 7) is 0.609. The Hall–Kier alpha value is -0.974. The van der Waals surface area contributed by atoms with E-state index in [1.807, 2.05) is 24.3 Å². The average Bonchev–Trinajstić information content (AvgIpc) is 2.88. The van der Waals surface area contributed by atoms with Crippen LogP contribution < -0.4 is 8.43 Å². The van der Waals surface area contributed by atoms with Crippen molar-refractivity contribution in [3.05, 3.63) is 60.3 Å². The van der Waals surface area contributed by atoms with Gasteiger partial charge >= 0.3 is 18.2 Å². The summed E-state index contributed by atoms with van der Waals surface area (Å²) in [5.41, 5.74) is 2.36. The lowest BCUT2D eigenvalue weighted by Gasteiger charge is -2.06. The van der Waals surface area contributed by atoms with E-state index in [0.717, 1.165) is 5.75 Å². The molecule has 0 amide bonds. The molecule has 0 bridgehead atoms. The number of aromatic amines is 1. The third-order valence-corrected chi connectivity index (χ3v) is 5.82. The zero-order chi connectivity index (χ0) is 13.1. The Morgan fingerprint density at radius 2 is 1.95 bits per heavy atom. The van der Waals surface area contributed by atoms with Crippen molar-refractivity contribution in [2.75, 3.05) is 0 Å². The molecule has 1 N–H and O–H groups in total. The summed E-state index contributed by atoms with van der Waals surface area (Å²) in [5.74, 6) is 0.923. The SMILES string of the molecule is [Br][Mg][c]1c[nH]c2ccc(OCc3ccccc3)cc12. The quantitative estimate of drug-likeness (QED) is 0.731. The van der Waals surface area contributed by atoms with E-state index in [-0.39, 0.29) is 18.2 Å². The van der Waals surface area contributed by atoms with Crippen molar-refractivity contribution >= 4 is 45.7 Å². The van der Waals surface area contributed by atoms with Crippen LogP contribution in [0.25, 0.3) is 10.9 Å². The van der Waals surface area contributed by atoms with Gasteiger partial charge in [-0.1, -0.05) is 30.3 Å². The Morgan fingerprint density at radius 3 is 2.74 bits per heavy atom. The number of halogens is 1. The van der Waals surface area contributed by atoms with Gasteiger partial charge in [0.15, 0.2) is 0 Å². The van der Waals surface area contributed by atoms with Crippen molar-refractivity contribution in [3.63, 3.8) is 0 Å². The predicted molar refractivity (Wildman–Crippen MR) is 83.4 cm³/mol. The van der Waals surface area contributed by atoms with Gasteiger partial charge in [-0.05, 0) is 35.3 Å². The molecule has 0 saturated carbocycles. The number of aromatic nitrogens is 1. The normalized spacial score (nSPS) is 10.4. The molecule has 19 heavy (non-hydrogen) atoms. The first kappa shape index (κ1) is 13.0. The molecule has 0 fully saturated rings. The molecule has 92 valence electrons. The van der Waals surface area contributed by atoms with E-state index >= 15 is 0 Å². The maximum atomic E-state index is 5.86. The minimum atomic E-state index is -0.343. The summed E-state index contributed by atoms with van der Waals surface area (Å²) in [6, 6.07) is 16.4. The summed E-state index contributed by atoms with van der Waals surface area (Å²) in [5, 5.41) is 1.27. The number of rotatable bonds is 4. The summed E-state index contributed by atoms with van der Waals surface area (Å²) in [6.07, 6.45) is 2.09. The molecule has 0 radical (unpaired) electrons. The molecule has 0 unspecified atom stereocenters. The van der Waals surface area contributed by atoms with Crippen LogP contribution in [0.1, 0.15) is 5.56 Å². The largest absolute Gasteiger partial charge is 0.510 e. The van der Waals surface area contributed by atoms with Crippen LogP contribution in [-0.2, 0) is 6.61 Å². The van der Waals surface area contributed by atoms with Gasteiger partial charge in [0.05, 0.1) is 0 Å². The molecule has 0 atom stereocenters. The molecule has 0 aliphatic rings. The van der Waals surface area contributed by atoms with E-state index in [0.29, 0.717) is 6.61 Å². The molecule has 0 spiro atoms. The van der Waals surface area contributed by atoms with Crippen molar-refractivity contribution in [1.29, 1.82) is 0 Å². The van der Waals surface area contributed by atoms with Gasteiger partial charge in [0.25, 0.3) is 0 Å². The van der Waals surface area contributed by atoms with Crippen molar-refractivity contribution < 1.29 is 4.74 Å².